The fraction of sp³-hybridized carbons (Fsp3) is 0.632. The summed E-state index contributed by atoms with van der Waals surface area (Å²) in [4.78, 5) is 22.5. The lowest BCUT2D eigenvalue weighted by Crippen LogP contribution is -2.54. The van der Waals surface area contributed by atoms with E-state index in [0.717, 1.165) is 29.6 Å². The smallest absolute Gasteiger partial charge is 0.258 e. The van der Waals surface area contributed by atoms with Gasteiger partial charge in [0, 0.05) is 11.6 Å². The van der Waals surface area contributed by atoms with Gasteiger partial charge in [0.15, 0.2) is 5.13 Å². The Balaban J connectivity index is 1.87. The van der Waals surface area contributed by atoms with Crippen LogP contribution in [-0.4, -0.2) is 26.6 Å². The largest absolute Gasteiger partial charge is 0.379 e. The first-order valence-electron chi connectivity index (χ1n) is 9.11. The number of carbonyl (C=O) groups is 1. The Labute approximate surface area is 152 Å². The van der Waals surface area contributed by atoms with Crippen LogP contribution >= 0.6 is 11.3 Å². The Morgan fingerprint density at radius 1 is 1.52 bits per heavy atom. The number of aromatic nitrogens is 2. The highest BCUT2D eigenvalue weighted by molar-refractivity contribution is 7.21. The van der Waals surface area contributed by atoms with Crippen LogP contribution in [0, 0.1) is 17.3 Å². The van der Waals surface area contributed by atoms with Gasteiger partial charge in [-0.3, -0.25) is 10.1 Å². The third-order valence-corrected chi connectivity index (χ3v) is 7.30. The minimum atomic E-state index is -1.36. The van der Waals surface area contributed by atoms with Gasteiger partial charge >= 0.3 is 0 Å². The fourth-order valence-electron chi connectivity index (χ4n) is 4.42. The number of fused-ring (bicyclic) bond motifs is 1. The summed E-state index contributed by atoms with van der Waals surface area (Å²) < 4.78 is 0. The molecule has 1 fully saturated rings. The molecule has 1 saturated carbocycles. The topological polar surface area (TPSA) is 75.1 Å². The summed E-state index contributed by atoms with van der Waals surface area (Å²) in [5, 5.41) is 14.7. The molecule has 0 spiro atoms. The van der Waals surface area contributed by atoms with Crippen molar-refractivity contribution in [1.82, 2.24) is 9.97 Å². The molecule has 0 radical (unpaired) electrons. The van der Waals surface area contributed by atoms with Crippen LogP contribution in [0.3, 0.4) is 0 Å². The predicted octanol–water partition coefficient (Wildman–Crippen LogP) is 4.23. The van der Waals surface area contributed by atoms with E-state index in [-0.39, 0.29) is 5.91 Å². The van der Waals surface area contributed by atoms with Crippen LogP contribution in [0.1, 0.15) is 53.4 Å². The molecule has 6 heteroatoms. The number of rotatable bonds is 5. The van der Waals surface area contributed by atoms with Crippen molar-refractivity contribution in [2.45, 2.75) is 59.0 Å². The number of hydrogen-bond acceptors (Lipinski definition) is 5. The average molecular weight is 362 g/mol. The van der Waals surface area contributed by atoms with Gasteiger partial charge in [-0.05, 0) is 43.2 Å². The monoisotopic (exact) mass is 361 g/mol. The molecule has 2 aromatic heterocycles. The third kappa shape index (κ3) is 2.85. The normalized spacial score (nSPS) is 30.5. The van der Waals surface area contributed by atoms with E-state index in [4.69, 9.17) is 0 Å². The Kier molecular flexibility index (Phi) is 4.86. The van der Waals surface area contributed by atoms with Gasteiger partial charge in [0.1, 0.15) is 15.9 Å². The van der Waals surface area contributed by atoms with Crippen molar-refractivity contribution >= 4 is 32.7 Å². The van der Waals surface area contributed by atoms with Crippen molar-refractivity contribution < 1.29 is 9.90 Å². The van der Waals surface area contributed by atoms with Crippen molar-refractivity contribution in [3.63, 3.8) is 0 Å². The molecule has 2 aromatic rings. The van der Waals surface area contributed by atoms with Gasteiger partial charge in [0.2, 0.25) is 0 Å². The molecule has 136 valence electrons. The van der Waals surface area contributed by atoms with Crippen LogP contribution < -0.4 is 5.32 Å². The second-order valence-corrected chi connectivity index (χ2v) is 8.44. The zero-order valence-electron chi connectivity index (χ0n) is 15.4. The highest BCUT2D eigenvalue weighted by atomic mass is 32.1. The van der Waals surface area contributed by atoms with Crippen LogP contribution in [0.5, 0.6) is 0 Å². The molecular weight excluding hydrogens is 334 g/mol. The highest BCUT2D eigenvalue weighted by Gasteiger charge is 2.60. The first-order valence-corrected chi connectivity index (χ1v) is 9.92. The van der Waals surface area contributed by atoms with E-state index < -0.39 is 11.0 Å². The highest BCUT2D eigenvalue weighted by Crippen LogP contribution is 2.56. The molecule has 3 rings (SSSR count). The Hall–Kier alpha value is -1.53. The van der Waals surface area contributed by atoms with Gasteiger partial charge in [0.05, 0.1) is 0 Å². The van der Waals surface area contributed by atoms with Crippen LogP contribution in [0.25, 0.3) is 10.3 Å². The van der Waals surface area contributed by atoms with Crippen LogP contribution in [-0.2, 0) is 4.79 Å². The Morgan fingerprint density at radius 2 is 2.28 bits per heavy atom. The van der Waals surface area contributed by atoms with Crippen molar-refractivity contribution in [1.29, 1.82) is 0 Å². The average Bonchev–Trinajstić information content (AvgIpc) is 3.14. The number of carbonyl (C=O) groups excluding carboxylic acids is 1. The summed E-state index contributed by atoms with van der Waals surface area (Å²) in [7, 11) is 0. The molecule has 2 heterocycles. The zero-order valence-corrected chi connectivity index (χ0v) is 16.2. The van der Waals surface area contributed by atoms with E-state index in [1.54, 1.807) is 6.20 Å². The van der Waals surface area contributed by atoms with Gasteiger partial charge < -0.3 is 5.11 Å². The molecule has 1 amide bonds. The second kappa shape index (κ2) is 6.65. The van der Waals surface area contributed by atoms with Crippen molar-refractivity contribution in [3.8, 4) is 0 Å². The molecule has 2 N–H and O–H groups in total. The number of hydrogen-bond donors (Lipinski definition) is 2. The lowest BCUT2D eigenvalue weighted by Gasteiger charge is -2.43. The van der Waals surface area contributed by atoms with Gasteiger partial charge in [-0.1, -0.05) is 45.5 Å². The molecule has 0 aliphatic heterocycles. The number of amides is 1. The van der Waals surface area contributed by atoms with E-state index in [9.17, 15) is 9.90 Å². The molecule has 1 aliphatic carbocycles. The Morgan fingerprint density at radius 3 is 2.92 bits per heavy atom. The second-order valence-electron chi connectivity index (χ2n) is 7.46. The molecule has 4 atom stereocenters. The van der Waals surface area contributed by atoms with Gasteiger partial charge in [-0.25, -0.2) is 9.97 Å². The molecule has 0 aromatic carbocycles. The quantitative estimate of drug-likeness (QED) is 0.835. The predicted molar refractivity (Wildman–Crippen MR) is 102 cm³/mol. The molecule has 4 unspecified atom stereocenters. The number of pyridine rings is 1. The number of aliphatic hydroxyl groups is 1. The van der Waals surface area contributed by atoms with Gasteiger partial charge in [0.25, 0.3) is 5.91 Å². The van der Waals surface area contributed by atoms with Crippen LogP contribution in [0.2, 0.25) is 0 Å². The van der Waals surface area contributed by atoms with Crippen LogP contribution in [0.4, 0.5) is 5.13 Å². The van der Waals surface area contributed by atoms with Crippen molar-refractivity contribution in [2.75, 3.05) is 5.32 Å². The number of thiazole rings is 1. The zero-order chi connectivity index (χ0) is 18.2. The third-order valence-electron chi connectivity index (χ3n) is 6.41. The van der Waals surface area contributed by atoms with E-state index in [1.165, 1.54) is 11.3 Å². The number of nitrogens with one attached hydrogen (secondary N) is 1. The lowest BCUT2D eigenvalue weighted by molar-refractivity contribution is -0.149. The summed E-state index contributed by atoms with van der Waals surface area (Å²) in [6, 6.07) is 3.69. The standard InChI is InChI=1S/C19H27N3O2S/c1-5-12(3)13-9-10-19(24,18(13,4)6-2)16(23)22-17-21-14-8-7-11-20-15(14)25-17/h7-8,11-13,24H,5-6,9-10H2,1-4H3,(H,21,22,23). The SMILES string of the molecule is CCC(C)C1CCC(O)(C(=O)Nc2nc3cccnc3s2)C1(C)CC. The van der Waals surface area contributed by atoms with E-state index in [2.05, 4.69) is 43.0 Å². The van der Waals surface area contributed by atoms with Gasteiger partial charge in [-0.15, -0.1) is 0 Å². The molecule has 5 nitrogen and oxygen atoms in total. The summed E-state index contributed by atoms with van der Waals surface area (Å²) >= 11 is 1.34. The molecule has 25 heavy (non-hydrogen) atoms. The Bertz CT molecular complexity index is 744. The molecular formula is C19H27N3O2S. The maximum atomic E-state index is 13.0. The van der Waals surface area contributed by atoms with Crippen LogP contribution in [0.15, 0.2) is 18.3 Å². The summed E-state index contributed by atoms with van der Waals surface area (Å²) in [5.74, 6) is 0.496. The number of nitrogens with zero attached hydrogens (tertiary/aromatic N) is 2. The summed E-state index contributed by atoms with van der Waals surface area (Å²) in [5.41, 5.74) is -1.03. The summed E-state index contributed by atoms with van der Waals surface area (Å²) in [6.07, 6.45) is 4.92. The van der Waals surface area contributed by atoms with Crippen molar-refractivity contribution in [2.24, 2.45) is 17.3 Å². The number of anilines is 1. The minimum absolute atomic E-state index is 0.332. The first-order chi connectivity index (χ1) is 11.9. The maximum Gasteiger partial charge on any atom is 0.258 e. The first kappa shape index (κ1) is 18.3. The van der Waals surface area contributed by atoms with E-state index in [0.29, 0.717) is 23.4 Å². The van der Waals surface area contributed by atoms with E-state index in [1.807, 2.05) is 12.1 Å². The van der Waals surface area contributed by atoms with Crippen molar-refractivity contribution in [3.05, 3.63) is 18.3 Å². The van der Waals surface area contributed by atoms with Gasteiger partial charge in [-0.2, -0.15) is 0 Å². The molecule has 0 bridgehead atoms. The minimum Gasteiger partial charge on any atom is -0.379 e. The molecule has 1 aliphatic rings. The maximum absolute atomic E-state index is 13.0. The summed E-state index contributed by atoms with van der Waals surface area (Å²) in [6.45, 7) is 8.53. The van der Waals surface area contributed by atoms with E-state index >= 15 is 0 Å². The lowest BCUT2D eigenvalue weighted by atomic mass is 9.64. The molecule has 0 saturated heterocycles. The fourth-order valence-corrected chi connectivity index (χ4v) is 5.23.